The summed E-state index contributed by atoms with van der Waals surface area (Å²) in [7, 11) is 2.93. The van der Waals surface area contributed by atoms with Crippen LogP contribution < -0.4 is 19.9 Å². The summed E-state index contributed by atoms with van der Waals surface area (Å²) < 4.78 is 17.0. The van der Waals surface area contributed by atoms with Crippen LogP contribution in [-0.4, -0.2) is 59.2 Å². The predicted molar refractivity (Wildman–Crippen MR) is 159 cm³/mol. The van der Waals surface area contributed by atoms with Crippen LogP contribution >= 0.6 is 11.8 Å². The van der Waals surface area contributed by atoms with Crippen LogP contribution in [0.3, 0.4) is 0 Å². The number of anilines is 1. The van der Waals surface area contributed by atoms with E-state index >= 15 is 0 Å². The largest absolute Gasteiger partial charge is 0.493 e. The number of nitrogens with zero attached hydrogens (tertiary/aromatic N) is 3. The molecule has 1 atom stereocenters. The molecular formula is C31H27N3O8S. The SMILES string of the molecule is CCn1c(SC2CC(=O)N(c3ccc(C(=O)OCC(=O)c4ccc(OC)c(OC)c4)cc3)C2=O)nc2ccccc2c1=O. The topological polar surface area (TPSA) is 134 Å². The van der Waals surface area contributed by atoms with Crippen LogP contribution in [0.4, 0.5) is 5.69 Å². The van der Waals surface area contributed by atoms with E-state index in [4.69, 9.17) is 14.2 Å². The number of methoxy groups -OCH3 is 2. The lowest BCUT2D eigenvalue weighted by Crippen LogP contribution is -2.31. The second-order valence-electron chi connectivity index (χ2n) is 9.45. The number of fused-ring (bicyclic) bond motifs is 1. The molecule has 0 N–H and O–H groups in total. The Bertz CT molecular complexity index is 1800. The molecule has 1 fully saturated rings. The van der Waals surface area contributed by atoms with E-state index in [1.807, 2.05) is 6.92 Å². The minimum Gasteiger partial charge on any atom is -0.493 e. The number of hydrogen-bond donors (Lipinski definition) is 0. The molecule has 1 aliphatic heterocycles. The Morgan fingerprint density at radius 3 is 2.33 bits per heavy atom. The van der Waals surface area contributed by atoms with Crippen molar-refractivity contribution in [1.82, 2.24) is 9.55 Å². The molecule has 0 aliphatic carbocycles. The molecule has 1 saturated heterocycles. The lowest BCUT2D eigenvalue weighted by molar-refractivity contribution is -0.121. The van der Waals surface area contributed by atoms with E-state index in [0.29, 0.717) is 34.1 Å². The Morgan fingerprint density at radius 2 is 1.63 bits per heavy atom. The van der Waals surface area contributed by atoms with Crippen LogP contribution in [0.1, 0.15) is 34.1 Å². The second-order valence-corrected chi connectivity index (χ2v) is 10.6. The standard InChI is InChI=1S/C31H27N3O8S/c1-4-33-28(37)21-7-5-6-8-22(21)32-31(33)43-26-16-27(36)34(29(26)38)20-12-9-18(10-13-20)30(39)42-17-23(35)19-11-14-24(40-2)25(15-19)41-3/h5-15,26H,4,16-17H2,1-3H3. The number of ketones is 1. The van der Waals surface area contributed by atoms with Gasteiger partial charge >= 0.3 is 5.97 Å². The maximum absolute atomic E-state index is 13.3. The first kappa shape index (κ1) is 29.5. The summed E-state index contributed by atoms with van der Waals surface area (Å²) in [6, 6.07) is 17.4. The van der Waals surface area contributed by atoms with Crippen LogP contribution in [0.15, 0.2) is 76.7 Å². The van der Waals surface area contributed by atoms with Gasteiger partial charge in [0.25, 0.3) is 5.56 Å². The number of carbonyl (C=O) groups excluding carboxylic acids is 4. The summed E-state index contributed by atoms with van der Waals surface area (Å²) in [5.74, 6) is -1.21. The first-order valence-electron chi connectivity index (χ1n) is 13.3. The molecule has 1 aliphatic rings. The van der Waals surface area contributed by atoms with Crippen LogP contribution in [0, 0.1) is 0 Å². The van der Waals surface area contributed by atoms with Crippen LogP contribution in [-0.2, 0) is 20.9 Å². The van der Waals surface area contributed by atoms with Gasteiger partial charge in [0.15, 0.2) is 29.0 Å². The zero-order chi connectivity index (χ0) is 30.7. The molecule has 12 heteroatoms. The van der Waals surface area contributed by atoms with Gasteiger partial charge < -0.3 is 14.2 Å². The molecule has 2 heterocycles. The van der Waals surface area contributed by atoms with Gasteiger partial charge in [-0.3, -0.25) is 23.7 Å². The molecule has 0 saturated carbocycles. The van der Waals surface area contributed by atoms with E-state index in [9.17, 15) is 24.0 Å². The molecule has 0 spiro atoms. The number of Topliss-reactive ketones (excluding diaryl/α,β-unsaturated/α-hetero) is 1. The number of benzene rings is 3. The number of imide groups is 1. The Hall–Kier alpha value is -4.97. The fourth-order valence-electron chi connectivity index (χ4n) is 4.67. The minimum absolute atomic E-state index is 0.0715. The quantitative estimate of drug-likeness (QED) is 0.114. The van der Waals surface area contributed by atoms with Crippen molar-refractivity contribution in [2.75, 3.05) is 25.7 Å². The number of esters is 1. The maximum atomic E-state index is 13.3. The highest BCUT2D eigenvalue weighted by atomic mass is 32.2. The number of amides is 2. The highest BCUT2D eigenvalue weighted by molar-refractivity contribution is 8.00. The monoisotopic (exact) mass is 601 g/mol. The third kappa shape index (κ3) is 5.86. The van der Waals surface area contributed by atoms with Gasteiger partial charge in [0, 0.05) is 18.5 Å². The average Bonchev–Trinajstić information content (AvgIpc) is 3.31. The first-order chi connectivity index (χ1) is 20.7. The van der Waals surface area contributed by atoms with Gasteiger partial charge in [-0.25, -0.2) is 14.7 Å². The van der Waals surface area contributed by atoms with Gasteiger partial charge in [-0.05, 0) is 61.5 Å². The summed E-state index contributed by atoms with van der Waals surface area (Å²) in [6.45, 7) is 1.67. The number of para-hydroxylation sites is 1. The number of carbonyl (C=O) groups is 4. The smallest absolute Gasteiger partial charge is 0.338 e. The summed E-state index contributed by atoms with van der Waals surface area (Å²) >= 11 is 1.08. The van der Waals surface area contributed by atoms with E-state index in [2.05, 4.69) is 4.98 Å². The summed E-state index contributed by atoms with van der Waals surface area (Å²) in [6.07, 6.45) is -0.0715. The number of aromatic nitrogens is 2. The van der Waals surface area contributed by atoms with Gasteiger partial charge in [0.05, 0.1) is 36.4 Å². The molecule has 1 unspecified atom stereocenters. The number of hydrogen-bond acceptors (Lipinski definition) is 10. The lowest BCUT2D eigenvalue weighted by Gasteiger charge is -2.16. The summed E-state index contributed by atoms with van der Waals surface area (Å²) in [4.78, 5) is 70.0. The Kier molecular flexibility index (Phi) is 8.58. The fourth-order valence-corrected chi connectivity index (χ4v) is 5.84. The third-order valence-corrected chi connectivity index (χ3v) is 8.07. The van der Waals surface area contributed by atoms with Crippen molar-refractivity contribution in [3.05, 3.63) is 88.2 Å². The minimum atomic E-state index is -0.773. The predicted octanol–water partition coefficient (Wildman–Crippen LogP) is 3.90. The Labute approximate surface area is 250 Å². The molecule has 1 aromatic heterocycles. The number of rotatable bonds is 10. The van der Waals surface area contributed by atoms with Crippen molar-refractivity contribution >= 4 is 51.9 Å². The molecule has 220 valence electrons. The van der Waals surface area contributed by atoms with E-state index in [1.165, 1.54) is 49.1 Å². The van der Waals surface area contributed by atoms with Crippen molar-refractivity contribution in [1.29, 1.82) is 0 Å². The van der Waals surface area contributed by atoms with E-state index < -0.39 is 35.4 Å². The van der Waals surface area contributed by atoms with E-state index in [0.717, 1.165) is 16.7 Å². The van der Waals surface area contributed by atoms with Crippen LogP contribution in [0.2, 0.25) is 0 Å². The Morgan fingerprint density at radius 1 is 0.930 bits per heavy atom. The van der Waals surface area contributed by atoms with E-state index in [1.54, 1.807) is 36.4 Å². The summed E-state index contributed by atoms with van der Waals surface area (Å²) in [5, 5.41) is 0.0682. The maximum Gasteiger partial charge on any atom is 0.338 e. The van der Waals surface area contributed by atoms with Crippen LogP contribution in [0.5, 0.6) is 11.5 Å². The molecule has 5 rings (SSSR count). The molecule has 3 aromatic carbocycles. The lowest BCUT2D eigenvalue weighted by atomic mass is 10.1. The molecule has 0 radical (unpaired) electrons. The van der Waals surface area contributed by atoms with Gasteiger partial charge in [-0.1, -0.05) is 23.9 Å². The first-order valence-corrected chi connectivity index (χ1v) is 14.2. The zero-order valence-corrected chi connectivity index (χ0v) is 24.4. The highest BCUT2D eigenvalue weighted by Crippen LogP contribution is 2.34. The van der Waals surface area contributed by atoms with Gasteiger partial charge in [-0.15, -0.1) is 0 Å². The molecule has 11 nitrogen and oxygen atoms in total. The summed E-state index contributed by atoms with van der Waals surface area (Å²) in [5.41, 5.74) is 1.02. The van der Waals surface area contributed by atoms with Crippen LogP contribution in [0.25, 0.3) is 10.9 Å². The third-order valence-electron chi connectivity index (χ3n) is 6.90. The Balaban J connectivity index is 1.25. The highest BCUT2D eigenvalue weighted by Gasteiger charge is 2.41. The van der Waals surface area contributed by atoms with E-state index in [-0.39, 0.29) is 28.8 Å². The number of ether oxygens (including phenoxy) is 3. The average molecular weight is 602 g/mol. The molecule has 2 amide bonds. The fraction of sp³-hybridized carbons (Fsp3) is 0.226. The number of thioether (sulfide) groups is 1. The van der Waals surface area contributed by atoms with Crippen molar-refractivity contribution in [3.63, 3.8) is 0 Å². The molecular weight excluding hydrogens is 574 g/mol. The van der Waals surface area contributed by atoms with Crippen molar-refractivity contribution in [2.24, 2.45) is 0 Å². The van der Waals surface area contributed by atoms with Gasteiger partial charge in [0.1, 0.15) is 5.25 Å². The van der Waals surface area contributed by atoms with Gasteiger partial charge in [0.2, 0.25) is 11.8 Å². The molecule has 0 bridgehead atoms. The van der Waals surface area contributed by atoms with Crippen molar-refractivity contribution in [2.45, 2.75) is 30.3 Å². The second kappa shape index (κ2) is 12.5. The molecule has 43 heavy (non-hydrogen) atoms. The molecule has 4 aromatic rings. The zero-order valence-electron chi connectivity index (χ0n) is 23.6. The normalized spacial score (nSPS) is 14.7. The van der Waals surface area contributed by atoms with Gasteiger partial charge in [-0.2, -0.15) is 0 Å². The van der Waals surface area contributed by atoms with Crippen molar-refractivity contribution in [3.8, 4) is 11.5 Å². The van der Waals surface area contributed by atoms with Crippen molar-refractivity contribution < 1.29 is 33.4 Å².